The van der Waals surface area contributed by atoms with Gasteiger partial charge in [-0.2, -0.15) is 4.98 Å². The van der Waals surface area contributed by atoms with Crippen LogP contribution in [0, 0.1) is 6.92 Å². The van der Waals surface area contributed by atoms with Crippen LogP contribution in [0.3, 0.4) is 0 Å². The van der Waals surface area contributed by atoms with Crippen molar-refractivity contribution >= 4 is 24.2 Å². The molecule has 9 heteroatoms. The number of aromatic nitrogens is 2. The van der Waals surface area contributed by atoms with Gasteiger partial charge in [0, 0.05) is 6.54 Å². The number of hydrogen-bond acceptors (Lipinski definition) is 6. The lowest BCUT2D eigenvalue weighted by Crippen LogP contribution is -2.49. The van der Waals surface area contributed by atoms with Crippen LogP contribution >= 0.6 is 12.4 Å². The Morgan fingerprint density at radius 1 is 0.897 bits per heavy atom. The van der Waals surface area contributed by atoms with E-state index in [2.05, 4.69) is 10.1 Å². The van der Waals surface area contributed by atoms with Crippen molar-refractivity contribution in [2.24, 2.45) is 11.5 Å². The third kappa shape index (κ3) is 7.75. The van der Waals surface area contributed by atoms with E-state index in [0.29, 0.717) is 37.5 Å². The topological polar surface area (TPSA) is 128 Å². The van der Waals surface area contributed by atoms with Crippen molar-refractivity contribution < 1.29 is 14.1 Å². The van der Waals surface area contributed by atoms with Crippen molar-refractivity contribution in [2.45, 2.75) is 44.7 Å². The Labute approximate surface area is 234 Å². The van der Waals surface area contributed by atoms with Gasteiger partial charge in [-0.1, -0.05) is 90.1 Å². The van der Waals surface area contributed by atoms with E-state index in [1.165, 1.54) is 0 Å². The molecule has 4 rings (SSSR count). The highest BCUT2D eigenvalue weighted by atomic mass is 35.5. The number of carbonyl (C=O) groups is 2. The van der Waals surface area contributed by atoms with E-state index >= 15 is 0 Å². The Morgan fingerprint density at radius 2 is 1.46 bits per heavy atom. The van der Waals surface area contributed by atoms with E-state index in [1.54, 1.807) is 11.8 Å². The maximum Gasteiger partial charge on any atom is 0.240 e. The van der Waals surface area contributed by atoms with Gasteiger partial charge in [0.15, 0.2) is 5.82 Å². The molecule has 0 saturated carbocycles. The second-order valence-electron chi connectivity index (χ2n) is 9.30. The molecule has 0 aliphatic heterocycles. The first kappa shape index (κ1) is 29.5. The van der Waals surface area contributed by atoms with Gasteiger partial charge in [-0.05, 0) is 48.6 Å². The second-order valence-corrected chi connectivity index (χ2v) is 9.30. The predicted octanol–water partition coefficient (Wildman–Crippen LogP) is 4.14. The summed E-state index contributed by atoms with van der Waals surface area (Å²) in [5.41, 5.74) is 15.2. The van der Waals surface area contributed by atoms with E-state index in [0.717, 1.165) is 22.3 Å². The van der Waals surface area contributed by atoms with Crippen LogP contribution in [0.5, 0.6) is 0 Å². The van der Waals surface area contributed by atoms with Crippen molar-refractivity contribution in [2.75, 3.05) is 6.54 Å². The summed E-state index contributed by atoms with van der Waals surface area (Å²) in [7, 11) is 0. The zero-order valence-electron chi connectivity index (χ0n) is 21.9. The molecule has 0 fully saturated rings. The first-order valence-corrected chi connectivity index (χ1v) is 12.7. The number of benzene rings is 3. The molecule has 0 aliphatic carbocycles. The number of amides is 2. The summed E-state index contributed by atoms with van der Waals surface area (Å²) >= 11 is 0. The van der Waals surface area contributed by atoms with Crippen LogP contribution in [0.25, 0.3) is 0 Å². The average Bonchev–Trinajstić information content (AvgIpc) is 3.34. The minimum absolute atomic E-state index is 0. The SMILES string of the molecule is Cc1noc(Cc2ccc(CN(C(=O)C(c3ccccc3)c3ccccc3)[C@H](CCCN)C(N)=O)cc2)n1.Cl. The number of halogens is 1. The zero-order valence-corrected chi connectivity index (χ0v) is 22.7. The first-order valence-electron chi connectivity index (χ1n) is 12.7. The maximum absolute atomic E-state index is 14.3. The number of hydrogen-bond donors (Lipinski definition) is 2. The fraction of sp³-hybridized carbons (Fsp3) is 0.267. The molecule has 0 saturated heterocycles. The molecule has 204 valence electrons. The van der Waals surface area contributed by atoms with E-state index < -0.39 is 17.9 Å². The molecule has 4 N–H and O–H groups in total. The van der Waals surface area contributed by atoms with Gasteiger partial charge in [-0.3, -0.25) is 9.59 Å². The standard InChI is InChI=1S/C30H33N5O3.ClH/c1-21-33-27(38-34-21)19-22-14-16-23(17-15-22)20-35(26(29(32)36)13-8-18-31)30(37)28(24-9-4-2-5-10-24)25-11-6-3-7-12-25;/h2-7,9-12,14-17,26,28H,8,13,18-20,31H2,1H3,(H2,32,36);1H/t26-;/m1./s1. The van der Waals surface area contributed by atoms with Gasteiger partial charge in [0.05, 0.1) is 12.3 Å². The van der Waals surface area contributed by atoms with Gasteiger partial charge < -0.3 is 20.9 Å². The molecule has 0 spiro atoms. The predicted molar refractivity (Wildman–Crippen MR) is 152 cm³/mol. The molecular weight excluding hydrogens is 514 g/mol. The maximum atomic E-state index is 14.3. The van der Waals surface area contributed by atoms with E-state index in [4.69, 9.17) is 16.0 Å². The van der Waals surface area contributed by atoms with Gasteiger partial charge in [-0.15, -0.1) is 12.4 Å². The highest BCUT2D eigenvalue weighted by molar-refractivity contribution is 5.92. The van der Waals surface area contributed by atoms with Crippen LogP contribution in [0.4, 0.5) is 0 Å². The largest absolute Gasteiger partial charge is 0.368 e. The number of nitrogens with two attached hydrogens (primary N) is 2. The lowest BCUT2D eigenvalue weighted by Gasteiger charge is -2.33. The molecule has 1 aromatic heterocycles. The molecule has 1 atom stereocenters. The van der Waals surface area contributed by atoms with Gasteiger partial charge in [0.25, 0.3) is 0 Å². The third-order valence-corrected chi connectivity index (χ3v) is 6.48. The van der Waals surface area contributed by atoms with Crippen molar-refractivity contribution in [3.63, 3.8) is 0 Å². The zero-order chi connectivity index (χ0) is 26.9. The van der Waals surface area contributed by atoms with E-state index in [1.807, 2.05) is 84.9 Å². The summed E-state index contributed by atoms with van der Waals surface area (Å²) in [5.74, 6) is -0.191. The van der Waals surface area contributed by atoms with Gasteiger partial charge in [0.2, 0.25) is 17.7 Å². The first-order chi connectivity index (χ1) is 18.5. The minimum Gasteiger partial charge on any atom is -0.368 e. The molecular formula is C30H34ClN5O3. The van der Waals surface area contributed by atoms with Crippen molar-refractivity contribution in [1.82, 2.24) is 15.0 Å². The molecule has 0 bridgehead atoms. The van der Waals surface area contributed by atoms with E-state index in [9.17, 15) is 9.59 Å². The molecule has 4 aromatic rings. The number of nitrogens with zero attached hydrogens (tertiary/aromatic N) is 3. The fourth-order valence-corrected chi connectivity index (χ4v) is 4.58. The molecule has 0 radical (unpaired) electrons. The number of primary amides is 1. The molecule has 39 heavy (non-hydrogen) atoms. The highest BCUT2D eigenvalue weighted by Crippen LogP contribution is 2.29. The van der Waals surface area contributed by atoms with E-state index in [-0.39, 0.29) is 24.9 Å². The monoisotopic (exact) mass is 547 g/mol. The molecule has 0 unspecified atom stereocenters. The molecule has 3 aromatic carbocycles. The fourth-order valence-electron chi connectivity index (χ4n) is 4.58. The number of rotatable bonds is 12. The van der Waals surface area contributed by atoms with Gasteiger partial charge in [0.1, 0.15) is 6.04 Å². The number of aryl methyl sites for hydroxylation is 1. The van der Waals surface area contributed by atoms with Crippen LogP contribution in [-0.2, 0) is 22.6 Å². The van der Waals surface area contributed by atoms with Crippen LogP contribution in [0.1, 0.15) is 52.7 Å². The molecule has 8 nitrogen and oxygen atoms in total. The Kier molecular flexibility index (Phi) is 10.8. The summed E-state index contributed by atoms with van der Waals surface area (Å²) in [6, 6.07) is 26.2. The van der Waals surface area contributed by atoms with Crippen LogP contribution in [0.2, 0.25) is 0 Å². The Bertz CT molecular complexity index is 1290. The Morgan fingerprint density at radius 3 is 1.95 bits per heavy atom. The molecule has 1 heterocycles. The highest BCUT2D eigenvalue weighted by Gasteiger charge is 2.34. The quantitative estimate of drug-likeness (QED) is 0.274. The van der Waals surface area contributed by atoms with Crippen LogP contribution in [0.15, 0.2) is 89.5 Å². The summed E-state index contributed by atoms with van der Waals surface area (Å²) in [4.78, 5) is 32.9. The summed E-state index contributed by atoms with van der Waals surface area (Å²) < 4.78 is 5.22. The lowest BCUT2D eigenvalue weighted by atomic mass is 9.89. The summed E-state index contributed by atoms with van der Waals surface area (Å²) in [6.45, 7) is 2.41. The van der Waals surface area contributed by atoms with Crippen molar-refractivity contribution in [3.8, 4) is 0 Å². The second kappa shape index (κ2) is 14.2. The lowest BCUT2D eigenvalue weighted by molar-refractivity contribution is -0.141. The van der Waals surface area contributed by atoms with Crippen molar-refractivity contribution in [3.05, 3.63) is 119 Å². The number of carbonyl (C=O) groups excluding carboxylic acids is 2. The normalized spacial score (nSPS) is 11.6. The van der Waals surface area contributed by atoms with Crippen LogP contribution < -0.4 is 11.5 Å². The average molecular weight is 548 g/mol. The van der Waals surface area contributed by atoms with Gasteiger partial charge in [-0.25, -0.2) is 0 Å². The third-order valence-electron chi connectivity index (χ3n) is 6.48. The van der Waals surface area contributed by atoms with Crippen LogP contribution in [-0.4, -0.2) is 39.4 Å². The molecule has 0 aliphatic rings. The van der Waals surface area contributed by atoms with Crippen molar-refractivity contribution in [1.29, 1.82) is 0 Å². The minimum atomic E-state index is -0.790. The summed E-state index contributed by atoms with van der Waals surface area (Å²) in [6.07, 6.45) is 1.47. The Hall–Kier alpha value is -4.01. The van der Waals surface area contributed by atoms with Gasteiger partial charge >= 0.3 is 0 Å². The smallest absolute Gasteiger partial charge is 0.240 e. The molecule has 2 amide bonds. The Balaban J connectivity index is 0.00000420. The summed E-state index contributed by atoms with van der Waals surface area (Å²) in [5, 5.41) is 3.83.